The van der Waals surface area contributed by atoms with E-state index < -0.39 is 30.7 Å². The molecule has 134 valence electrons. The van der Waals surface area contributed by atoms with Crippen molar-refractivity contribution in [2.24, 2.45) is 10.8 Å². The average molecular weight is 351 g/mol. The van der Waals surface area contributed by atoms with Crippen LogP contribution in [0.2, 0.25) is 16.6 Å². The fraction of sp³-hybridized carbons (Fsp3) is 0.737. The van der Waals surface area contributed by atoms with Crippen molar-refractivity contribution >= 4 is 25.6 Å². The number of aliphatic carboxylic acids is 1. The van der Waals surface area contributed by atoms with Crippen molar-refractivity contribution in [3.63, 3.8) is 0 Å². The molecule has 0 radical (unpaired) electrons. The topological polar surface area (TPSA) is 71.4 Å². The Hall–Kier alpha value is -1.41. The van der Waals surface area contributed by atoms with Crippen molar-refractivity contribution < 1.29 is 19.5 Å². The SMILES string of the molecule is CC(C)[Si](C#C[C@]1(C(=O)O)CC(=O)C(C)(C)C1=O)(C(C)C)C(C)C. The van der Waals surface area contributed by atoms with E-state index in [4.69, 9.17) is 0 Å². The normalized spacial score (nSPS) is 23.8. The van der Waals surface area contributed by atoms with Gasteiger partial charge in [-0.3, -0.25) is 14.4 Å². The second kappa shape index (κ2) is 6.48. The lowest BCUT2D eigenvalue weighted by atomic mass is 9.80. The van der Waals surface area contributed by atoms with Gasteiger partial charge in [0, 0.05) is 6.42 Å². The van der Waals surface area contributed by atoms with E-state index >= 15 is 0 Å². The number of hydrogen-bond acceptors (Lipinski definition) is 3. The van der Waals surface area contributed by atoms with Gasteiger partial charge in [-0.1, -0.05) is 47.5 Å². The lowest BCUT2D eigenvalue weighted by molar-refractivity contribution is -0.150. The Morgan fingerprint density at radius 3 is 1.71 bits per heavy atom. The maximum absolute atomic E-state index is 12.7. The number of Topliss-reactive ketones (excluding diaryl/α,β-unsaturated/α-hetero) is 2. The fourth-order valence-electron chi connectivity index (χ4n) is 4.18. The Morgan fingerprint density at radius 1 is 1.04 bits per heavy atom. The van der Waals surface area contributed by atoms with Crippen LogP contribution in [0.3, 0.4) is 0 Å². The third kappa shape index (κ3) is 2.86. The first-order valence-electron chi connectivity index (χ1n) is 8.62. The van der Waals surface area contributed by atoms with E-state index in [9.17, 15) is 19.5 Å². The molecule has 1 atom stereocenters. The molecule has 5 heteroatoms. The first kappa shape index (κ1) is 20.6. The van der Waals surface area contributed by atoms with Gasteiger partial charge in [0.15, 0.2) is 11.2 Å². The van der Waals surface area contributed by atoms with E-state index in [1.165, 1.54) is 13.8 Å². The highest BCUT2D eigenvalue weighted by Crippen LogP contribution is 2.45. The van der Waals surface area contributed by atoms with Gasteiger partial charge in [0.05, 0.1) is 5.41 Å². The lowest BCUT2D eigenvalue weighted by Crippen LogP contribution is -2.45. The molecule has 0 aromatic rings. The highest BCUT2D eigenvalue weighted by molar-refractivity contribution is 6.90. The summed E-state index contributed by atoms with van der Waals surface area (Å²) in [6.45, 7) is 15.8. The molecule has 0 bridgehead atoms. The van der Waals surface area contributed by atoms with Crippen LogP contribution in [0.25, 0.3) is 0 Å². The number of hydrogen-bond donors (Lipinski definition) is 1. The van der Waals surface area contributed by atoms with Crippen LogP contribution < -0.4 is 0 Å². The molecule has 0 unspecified atom stereocenters. The first-order chi connectivity index (χ1) is 10.8. The number of ketones is 2. The molecule has 0 spiro atoms. The van der Waals surface area contributed by atoms with Crippen molar-refractivity contribution in [1.29, 1.82) is 0 Å². The maximum atomic E-state index is 12.7. The van der Waals surface area contributed by atoms with E-state index in [0.29, 0.717) is 16.6 Å². The molecule has 0 aliphatic heterocycles. The van der Waals surface area contributed by atoms with Crippen molar-refractivity contribution in [3.05, 3.63) is 0 Å². The first-order valence-corrected chi connectivity index (χ1v) is 10.9. The van der Waals surface area contributed by atoms with Crippen LogP contribution in [-0.4, -0.2) is 30.7 Å². The van der Waals surface area contributed by atoms with E-state index in [1.807, 2.05) is 0 Å². The van der Waals surface area contributed by atoms with Crippen molar-refractivity contribution in [2.75, 3.05) is 0 Å². The third-order valence-corrected chi connectivity index (χ3v) is 12.1. The standard InChI is InChI=1S/C19H30O4Si/c1-12(2)24(13(3)4,14(5)6)10-9-19(17(22)23)11-15(20)18(7,8)16(19)21/h12-14H,11H2,1-8H3,(H,22,23)/t19-/m0/s1. The van der Waals surface area contributed by atoms with Gasteiger partial charge in [-0.15, -0.1) is 5.54 Å². The Labute approximate surface area is 146 Å². The summed E-state index contributed by atoms with van der Waals surface area (Å²) in [4.78, 5) is 36.9. The molecule has 0 aromatic carbocycles. The van der Waals surface area contributed by atoms with Gasteiger partial charge in [0.25, 0.3) is 0 Å². The summed E-state index contributed by atoms with van der Waals surface area (Å²) in [7, 11) is -2.17. The summed E-state index contributed by atoms with van der Waals surface area (Å²) >= 11 is 0. The minimum absolute atomic E-state index is 0.320. The van der Waals surface area contributed by atoms with E-state index in [2.05, 4.69) is 53.0 Å². The molecule has 1 aliphatic rings. The summed E-state index contributed by atoms with van der Waals surface area (Å²) in [6, 6.07) is 0. The molecule has 1 saturated carbocycles. The van der Waals surface area contributed by atoms with E-state index in [1.54, 1.807) is 0 Å². The van der Waals surface area contributed by atoms with Gasteiger partial charge >= 0.3 is 5.97 Å². The Kier molecular flexibility index (Phi) is 5.57. The van der Waals surface area contributed by atoms with Crippen molar-refractivity contribution in [1.82, 2.24) is 0 Å². The van der Waals surface area contributed by atoms with Crippen LogP contribution in [0.5, 0.6) is 0 Å². The van der Waals surface area contributed by atoms with Crippen LogP contribution >= 0.6 is 0 Å². The molecule has 1 aliphatic carbocycles. The van der Waals surface area contributed by atoms with Crippen LogP contribution in [0.4, 0.5) is 0 Å². The maximum Gasteiger partial charge on any atom is 0.330 e. The summed E-state index contributed by atoms with van der Waals surface area (Å²) in [5.41, 5.74) is 1.16. The largest absolute Gasteiger partial charge is 0.480 e. The molecule has 1 rings (SSSR count). The molecule has 1 fully saturated rings. The zero-order valence-corrected chi connectivity index (χ0v) is 17.1. The van der Waals surface area contributed by atoms with Gasteiger partial charge < -0.3 is 5.11 Å². The second-order valence-electron chi connectivity index (χ2n) is 8.41. The predicted octanol–water partition coefficient (Wildman–Crippen LogP) is 3.85. The number of carbonyl (C=O) groups excluding carboxylic acids is 2. The fourth-order valence-corrected chi connectivity index (χ4v) is 9.47. The van der Waals surface area contributed by atoms with Crippen LogP contribution in [0.1, 0.15) is 61.8 Å². The van der Waals surface area contributed by atoms with Gasteiger partial charge in [-0.05, 0) is 30.5 Å². The van der Waals surface area contributed by atoms with Gasteiger partial charge in [-0.25, -0.2) is 0 Å². The number of carboxylic acid groups (broad SMARTS) is 1. The molecule has 0 aromatic heterocycles. The highest BCUT2D eigenvalue weighted by atomic mass is 28.3. The van der Waals surface area contributed by atoms with Crippen LogP contribution in [0.15, 0.2) is 0 Å². The predicted molar refractivity (Wildman–Crippen MR) is 97.3 cm³/mol. The Bertz CT molecular complexity index is 597. The molecular formula is C19H30O4Si. The molecule has 24 heavy (non-hydrogen) atoms. The zero-order valence-electron chi connectivity index (χ0n) is 16.1. The Balaban J connectivity index is 3.60. The van der Waals surface area contributed by atoms with Gasteiger partial charge in [-0.2, -0.15) is 0 Å². The average Bonchev–Trinajstić information content (AvgIpc) is 2.60. The quantitative estimate of drug-likeness (QED) is 0.475. The van der Waals surface area contributed by atoms with Crippen LogP contribution in [0, 0.1) is 22.3 Å². The van der Waals surface area contributed by atoms with Gasteiger partial charge in [0.1, 0.15) is 13.9 Å². The van der Waals surface area contributed by atoms with Crippen molar-refractivity contribution in [2.45, 2.75) is 78.4 Å². The summed E-state index contributed by atoms with van der Waals surface area (Å²) in [5, 5.41) is 9.74. The zero-order chi connectivity index (χ0) is 19.1. The summed E-state index contributed by atoms with van der Waals surface area (Å²) in [5.74, 6) is 0.656. The molecule has 0 heterocycles. The molecule has 1 N–H and O–H groups in total. The molecule has 0 saturated heterocycles. The molecule has 4 nitrogen and oxygen atoms in total. The minimum Gasteiger partial charge on any atom is -0.480 e. The Morgan fingerprint density at radius 2 is 1.46 bits per heavy atom. The molecular weight excluding hydrogens is 320 g/mol. The lowest BCUT2D eigenvalue weighted by Gasteiger charge is -2.38. The van der Waals surface area contributed by atoms with E-state index in [0.717, 1.165) is 0 Å². The number of carbonyl (C=O) groups is 3. The summed E-state index contributed by atoms with van der Waals surface area (Å²) < 4.78 is 0. The highest BCUT2D eigenvalue weighted by Gasteiger charge is 2.61. The van der Waals surface area contributed by atoms with Gasteiger partial charge in [0.2, 0.25) is 0 Å². The third-order valence-electron chi connectivity index (χ3n) is 5.80. The minimum atomic E-state index is -2.17. The number of rotatable bonds is 4. The van der Waals surface area contributed by atoms with Crippen LogP contribution in [-0.2, 0) is 14.4 Å². The smallest absolute Gasteiger partial charge is 0.330 e. The summed E-state index contributed by atoms with van der Waals surface area (Å²) in [6.07, 6.45) is -0.320. The van der Waals surface area contributed by atoms with Crippen molar-refractivity contribution in [3.8, 4) is 11.5 Å². The number of carboxylic acids is 1. The van der Waals surface area contributed by atoms with E-state index in [-0.39, 0.29) is 12.2 Å². The second-order valence-corrected chi connectivity index (χ2v) is 14.0. The molecule has 0 amide bonds. The monoisotopic (exact) mass is 350 g/mol.